The number of nitrogens with zero attached hydrogens (tertiary/aromatic N) is 2. The number of methoxy groups -OCH3 is 5. The number of aromatic nitrogens is 2. The highest BCUT2D eigenvalue weighted by Crippen LogP contribution is 2.40. The third-order valence-electron chi connectivity index (χ3n) is 4.79. The number of ether oxygens (including phenoxy) is 5. The Kier molecular flexibility index (Phi) is 7.39. The molecule has 33 heavy (non-hydrogen) atoms. The Morgan fingerprint density at radius 3 is 2.09 bits per heavy atom. The second-order valence-corrected chi connectivity index (χ2v) is 6.74. The molecule has 0 aliphatic carbocycles. The van der Waals surface area contributed by atoms with Gasteiger partial charge in [-0.25, -0.2) is 4.68 Å². The lowest BCUT2D eigenvalue weighted by atomic mass is 10.1. The average Bonchev–Trinajstić information content (AvgIpc) is 2.84. The standard InChI is InChI=1S/C23H25N3O7/c1-29-15-6-8-18(30-2)16(12-15)17-7-9-22(28)26(25-17)13-21(27)24-14-10-19(31-3)23(33-5)20(11-14)32-4/h6-12H,13H2,1-5H3,(H,24,27). The Morgan fingerprint density at radius 2 is 1.52 bits per heavy atom. The molecule has 0 spiro atoms. The lowest BCUT2D eigenvalue weighted by Gasteiger charge is -2.15. The van der Waals surface area contributed by atoms with Crippen LogP contribution in [0.5, 0.6) is 28.7 Å². The number of amides is 1. The van der Waals surface area contributed by atoms with Crippen LogP contribution in [-0.2, 0) is 11.3 Å². The van der Waals surface area contributed by atoms with E-state index in [0.29, 0.717) is 45.7 Å². The molecule has 0 aliphatic rings. The molecule has 1 heterocycles. The summed E-state index contributed by atoms with van der Waals surface area (Å²) in [5.74, 6) is 1.86. The molecule has 0 saturated carbocycles. The van der Waals surface area contributed by atoms with Gasteiger partial charge in [-0.15, -0.1) is 0 Å². The summed E-state index contributed by atoms with van der Waals surface area (Å²) in [6.45, 7) is -0.310. The number of hydrogen-bond acceptors (Lipinski definition) is 8. The zero-order valence-corrected chi connectivity index (χ0v) is 19.0. The summed E-state index contributed by atoms with van der Waals surface area (Å²) in [5, 5.41) is 7.06. The number of benzene rings is 2. The molecule has 1 aromatic heterocycles. The van der Waals surface area contributed by atoms with Gasteiger partial charge in [0.05, 0.1) is 41.2 Å². The van der Waals surface area contributed by atoms with Gasteiger partial charge in [0.1, 0.15) is 18.0 Å². The van der Waals surface area contributed by atoms with Crippen molar-refractivity contribution in [2.24, 2.45) is 0 Å². The van der Waals surface area contributed by atoms with Gasteiger partial charge in [-0.1, -0.05) is 0 Å². The van der Waals surface area contributed by atoms with Gasteiger partial charge in [0.2, 0.25) is 11.7 Å². The van der Waals surface area contributed by atoms with Gasteiger partial charge in [-0.2, -0.15) is 5.10 Å². The smallest absolute Gasteiger partial charge is 0.267 e. The van der Waals surface area contributed by atoms with Gasteiger partial charge in [0, 0.05) is 29.4 Å². The minimum atomic E-state index is -0.464. The Bertz CT molecular complexity index is 1180. The van der Waals surface area contributed by atoms with E-state index in [0.717, 1.165) is 4.68 Å². The van der Waals surface area contributed by atoms with Crippen LogP contribution < -0.4 is 34.6 Å². The number of carbonyl (C=O) groups excluding carboxylic acids is 1. The lowest BCUT2D eigenvalue weighted by Crippen LogP contribution is -2.29. The summed E-state index contributed by atoms with van der Waals surface area (Å²) in [6.07, 6.45) is 0. The van der Waals surface area contributed by atoms with Crippen molar-refractivity contribution in [3.05, 3.63) is 52.8 Å². The Balaban J connectivity index is 1.88. The first kappa shape index (κ1) is 23.5. The van der Waals surface area contributed by atoms with E-state index in [1.807, 2.05) is 0 Å². The summed E-state index contributed by atoms with van der Waals surface area (Å²) in [4.78, 5) is 25.1. The van der Waals surface area contributed by atoms with Gasteiger partial charge >= 0.3 is 0 Å². The third kappa shape index (κ3) is 5.17. The average molecular weight is 455 g/mol. The van der Waals surface area contributed by atoms with Crippen LogP contribution in [0.25, 0.3) is 11.3 Å². The predicted octanol–water partition coefficient (Wildman–Crippen LogP) is 2.59. The largest absolute Gasteiger partial charge is 0.497 e. The second kappa shape index (κ2) is 10.4. The van der Waals surface area contributed by atoms with E-state index in [2.05, 4.69) is 10.4 Å². The van der Waals surface area contributed by atoms with Crippen LogP contribution in [0.1, 0.15) is 0 Å². The van der Waals surface area contributed by atoms with E-state index in [9.17, 15) is 9.59 Å². The minimum absolute atomic E-state index is 0.310. The van der Waals surface area contributed by atoms with E-state index >= 15 is 0 Å². The van der Waals surface area contributed by atoms with Crippen molar-refractivity contribution in [3.8, 4) is 40.0 Å². The number of nitrogens with one attached hydrogen (secondary N) is 1. The summed E-state index contributed by atoms with van der Waals surface area (Å²) < 4.78 is 27.6. The molecule has 0 radical (unpaired) electrons. The predicted molar refractivity (Wildman–Crippen MR) is 122 cm³/mol. The fourth-order valence-electron chi connectivity index (χ4n) is 3.21. The van der Waals surface area contributed by atoms with Crippen molar-refractivity contribution in [1.29, 1.82) is 0 Å². The van der Waals surface area contributed by atoms with Gasteiger partial charge < -0.3 is 29.0 Å². The molecular weight excluding hydrogens is 430 g/mol. The van der Waals surface area contributed by atoms with Crippen LogP contribution >= 0.6 is 0 Å². The monoisotopic (exact) mass is 455 g/mol. The molecule has 3 aromatic rings. The van der Waals surface area contributed by atoms with Crippen molar-refractivity contribution >= 4 is 11.6 Å². The summed E-state index contributed by atoms with van der Waals surface area (Å²) >= 11 is 0. The molecule has 0 bridgehead atoms. The molecule has 10 nitrogen and oxygen atoms in total. The third-order valence-corrected chi connectivity index (χ3v) is 4.79. The Hall–Kier alpha value is -4.21. The fourth-order valence-corrected chi connectivity index (χ4v) is 3.21. The molecule has 0 atom stereocenters. The number of anilines is 1. The number of hydrogen-bond donors (Lipinski definition) is 1. The zero-order chi connectivity index (χ0) is 24.0. The minimum Gasteiger partial charge on any atom is -0.497 e. The first-order valence-electron chi connectivity index (χ1n) is 9.84. The highest BCUT2D eigenvalue weighted by molar-refractivity contribution is 5.91. The maximum absolute atomic E-state index is 12.7. The van der Waals surface area contributed by atoms with E-state index < -0.39 is 11.5 Å². The lowest BCUT2D eigenvalue weighted by molar-refractivity contribution is -0.117. The Labute approximate surface area is 190 Å². The second-order valence-electron chi connectivity index (χ2n) is 6.74. The molecule has 2 aromatic carbocycles. The molecular formula is C23H25N3O7. The van der Waals surface area contributed by atoms with Crippen molar-refractivity contribution in [1.82, 2.24) is 9.78 Å². The van der Waals surface area contributed by atoms with E-state index in [1.165, 1.54) is 34.5 Å². The maximum atomic E-state index is 12.7. The van der Waals surface area contributed by atoms with Crippen molar-refractivity contribution in [3.63, 3.8) is 0 Å². The van der Waals surface area contributed by atoms with Crippen LogP contribution in [-0.4, -0.2) is 51.2 Å². The van der Waals surface area contributed by atoms with Gasteiger partial charge in [0.15, 0.2) is 11.5 Å². The number of rotatable bonds is 9. The van der Waals surface area contributed by atoms with Gasteiger partial charge in [-0.3, -0.25) is 9.59 Å². The van der Waals surface area contributed by atoms with E-state index in [1.54, 1.807) is 43.5 Å². The molecule has 0 aliphatic heterocycles. The Morgan fingerprint density at radius 1 is 0.848 bits per heavy atom. The first-order valence-corrected chi connectivity index (χ1v) is 9.84. The van der Waals surface area contributed by atoms with Gasteiger partial charge in [0.25, 0.3) is 5.56 Å². The molecule has 0 fully saturated rings. The van der Waals surface area contributed by atoms with E-state index in [-0.39, 0.29) is 6.54 Å². The normalized spacial score (nSPS) is 10.3. The van der Waals surface area contributed by atoms with Crippen molar-refractivity contribution in [2.45, 2.75) is 6.54 Å². The molecule has 0 saturated heterocycles. The zero-order valence-electron chi connectivity index (χ0n) is 19.0. The quantitative estimate of drug-likeness (QED) is 0.524. The summed E-state index contributed by atoms with van der Waals surface area (Å²) in [6, 6.07) is 11.3. The molecule has 3 rings (SSSR count). The highest BCUT2D eigenvalue weighted by atomic mass is 16.5. The van der Waals surface area contributed by atoms with Crippen LogP contribution in [0.15, 0.2) is 47.3 Å². The van der Waals surface area contributed by atoms with Crippen LogP contribution in [0.3, 0.4) is 0 Å². The van der Waals surface area contributed by atoms with E-state index in [4.69, 9.17) is 23.7 Å². The van der Waals surface area contributed by atoms with Crippen LogP contribution in [0, 0.1) is 0 Å². The van der Waals surface area contributed by atoms with Crippen LogP contribution in [0.2, 0.25) is 0 Å². The van der Waals surface area contributed by atoms with Gasteiger partial charge in [-0.05, 0) is 24.3 Å². The van der Waals surface area contributed by atoms with Crippen LogP contribution in [0.4, 0.5) is 5.69 Å². The SMILES string of the molecule is COc1ccc(OC)c(-c2ccc(=O)n(CC(=O)Nc3cc(OC)c(OC)c(OC)c3)n2)c1. The topological polar surface area (TPSA) is 110 Å². The van der Waals surface area contributed by atoms with Crippen molar-refractivity contribution in [2.75, 3.05) is 40.9 Å². The van der Waals surface area contributed by atoms with Crippen molar-refractivity contribution < 1.29 is 28.5 Å². The number of carbonyl (C=O) groups is 1. The molecule has 1 amide bonds. The molecule has 10 heteroatoms. The summed E-state index contributed by atoms with van der Waals surface area (Å²) in [7, 11) is 7.52. The molecule has 1 N–H and O–H groups in total. The fraction of sp³-hybridized carbons (Fsp3) is 0.261. The first-order chi connectivity index (χ1) is 15.9. The highest BCUT2D eigenvalue weighted by Gasteiger charge is 2.16. The molecule has 0 unspecified atom stereocenters. The maximum Gasteiger partial charge on any atom is 0.267 e. The summed E-state index contributed by atoms with van der Waals surface area (Å²) in [5.41, 5.74) is 1.05. The molecule has 174 valence electrons.